The van der Waals surface area contributed by atoms with Crippen molar-refractivity contribution in [1.29, 1.82) is 0 Å². The Hall–Kier alpha value is -1.96. The molecule has 0 aromatic heterocycles. The first-order valence-corrected chi connectivity index (χ1v) is 7.44. The number of benzene rings is 2. The summed E-state index contributed by atoms with van der Waals surface area (Å²) in [7, 11) is 4.49. The first-order chi connectivity index (χ1) is 10.6. The third kappa shape index (κ3) is 3.62. The first-order valence-electron chi connectivity index (χ1n) is 6.36. The maximum atomic E-state index is 12.3. The van der Waals surface area contributed by atoms with Crippen LogP contribution in [0, 0.1) is 3.57 Å². The Labute approximate surface area is 142 Å². The van der Waals surface area contributed by atoms with Gasteiger partial charge < -0.3 is 18.9 Å². The van der Waals surface area contributed by atoms with Crippen LogP contribution in [-0.2, 0) is 0 Å². The molecule has 0 aliphatic carbocycles. The van der Waals surface area contributed by atoms with Crippen molar-refractivity contribution < 1.29 is 23.7 Å². The first kappa shape index (κ1) is 16.4. The Morgan fingerprint density at radius 1 is 0.864 bits per heavy atom. The average Bonchev–Trinajstić information content (AvgIpc) is 2.55. The maximum absolute atomic E-state index is 12.3. The zero-order chi connectivity index (χ0) is 16.1. The van der Waals surface area contributed by atoms with Crippen molar-refractivity contribution in [2.45, 2.75) is 0 Å². The lowest BCUT2D eigenvalue weighted by Crippen LogP contribution is -2.11. The van der Waals surface area contributed by atoms with E-state index < -0.39 is 5.97 Å². The lowest BCUT2D eigenvalue weighted by Gasteiger charge is -2.13. The molecule has 2 aromatic carbocycles. The van der Waals surface area contributed by atoms with Crippen LogP contribution in [0.1, 0.15) is 10.4 Å². The molecule has 2 rings (SSSR count). The predicted molar refractivity (Wildman–Crippen MR) is 90.2 cm³/mol. The summed E-state index contributed by atoms with van der Waals surface area (Å²) in [6.45, 7) is 0. The second-order valence-corrected chi connectivity index (χ2v) is 5.50. The molecule has 5 nitrogen and oxygen atoms in total. The van der Waals surface area contributed by atoms with Gasteiger partial charge in [0.05, 0.1) is 21.3 Å². The van der Waals surface area contributed by atoms with Gasteiger partial charge in [-0.25, -0.2) is 4.79 Å². The van der Waals surface area contributed by atoms with E-state index in [-0.39, 0.29) is 5.56 Å². The largest absolute Gasteiger partial charge is 0.496 e. The van der Waals surface area contributed by atoms with Crippen LogP contribution in [0.5, 0.6) is 23.0 Å². The number of carbonyl (C=O) groups is 1. The molecule has 0 fully saturated rings. The Morgan fingerprint density at radius 2 is 1.41 bits per heavy atom. The smallest absolute Gasteiger partial charge is 0.347 e. The van der Waals surface area contributed by atoms with E-state index in [1.165, 1.54) is 27.4 Å². The third-order valence-electron chi connectivity index (χ3n) is 2.95. The Bertz CT molecular complexity index is 667. The van der Waals surface area contributed by atoms with E-state index in [0.29, 0.717) is 23.0 Å². The molecular formula is C16H15IO5. The topological polar surface area (TPSA) is 54.0 Å². The molecule has 0 saturated heterocycles. The van der Waals surface area contributed by atoms with Crippen molar-refractivity contribution in [3.8, 4) is 23.0 Å². The van der Waals surface area contributed by atoms with Crippen LogP contribution in [-0.4, -0.2) is 27.3 Å². The number of hydrogen-bond donors (Lipinski definition) is 0. The highest BCUT2D eigenvalue weighted by molar-refractivity contribution is 14.1. The Morgan fingerprint density at radius 3 is 1.95 bits per heavy atom. The second kappa shape index (κ2) is 7.35. The Balaban J connectivity index is 2.33. The SMILES string of the molecule is COc1cc(OC)c(C(=O)Oc2ccc(I)cc2)cc1OC. The van der Waals surface area contributed by atoms with Crippen molar-refractivity contribution in [3.05, 3.63) is 45.5 Å². The van der Waals surface area contributed by atoms with Crippen LogP contribution >= 0.6 is 22.6 Å². The fourth-order valence-electron chi connectivity index (χ4n) is 1.85. The molecule has 2 aromatic rings. The zero-order valence-electron chi connectivity index (χ0n) is 12.4. The monoisotopic (exact) mass is 414 g/mol. The van der Waals surface area contributed by atoms with Gasteiger partial charge in [-0.05, 0) is 46.9 Å². The van der Waals surface area contributed by atoms with Gasteiger partial charge in [-0.15, -0.1) is 0 Å². The third-order valence-corrected chi connectivity index (χ3v) is 3.67. The molecular weight excluding hydrogens is 399 g/mol. The Kier molecular flexibility index (Phi) is 5.48. The molecule has 0 aliphatic rings. The van der Waals surface area contributed by atoms with Crippen LogP contribution in [0.25, 0.3) is 0 Å². The van der Waals surface area contributed by atoms with E-state index in [4.69, 9.17) is 18.9 Å². The molecule has 6 heteroatoms. The van der Waals surface area contributed by atoms with E-state index in [2.05, 4.69) is 22.6 Å². The van der Waals surface area contributed by atoms with Gasteiger partial charge in [0.15, 0.2) is 11.5 Å². The minimum absolute atomic E-state index is 0.263. The normalized spacial score (nSPS) is 10.0. The fourth-order valence-corrected chi connectivity index (χ4v) is 2.21. The summed E-state index contributed by atoms with van der Waals surface area (Å²) in [4.78, 5) is 12.3. The van der Waals surface area contributed by atoms with Crippen LogP contribution in [0.15, 0.2) is 36.4 Å². The van der Waals surface area contributed by atoms with E-state index >= 15 is 0 Å². The number of rotatable bonds is 5. The van der Waals surface area contributed by atoms with Gasteiger partial charge in [0.2, 0.25) is 0 Å². The van der Waals surface area contributed by atoms with Crippen LogP contribution in [0.4, 0.5) is 0 Å². The molecule has 0 heterocycles. The number of methoxy groups -OCH3 is 3. The summed E-state index contributed by atoms with van der Waals surface area (Å²) in [5.74, 6) is 1.19. The van der Waals surface area contributed by atoms with Gasteiger partial charge in [-0.1, -0.05) is 0 Å². The number of esters is 1. The highest BCUT2D eigenvalue weighted by Gasteiger charge is 2.19. The van der Waals surface area contributed by atoms with Crippen LogP contribution in [0.2, 0.25) is 0 Å². The predicted octanol–water partition coefficient (Wildman–Crippen LogP) is 3.54. The zero-order valence-corrected chi connectivity index (χ0v) is 14.5. The molecule has 116 valence electrons. The van der Waals surface area contributed by atoms with E-state index in [1.54, 1.807) is 18.2 Å². The summed E-state index contributed by atoms with van der Waals surface area (Å²) in [5.41, 5.74) is 0.263. The molecule has 0 saturated carbocycles. The summed E-state index contributed by atoms with van der Waals surface area (Å²) < 4.78 is 22.0. The number of ether oxygens (including phenoxy) is 4. The number of hydrogen-bond acceptors (Lipinski definition) is 5. The molecule has 0 unspecified atom stereocenters. The quantitative estimate of drug-likeness (QED) is 0.426. The summed E-state index contributed by atoms with van der Waals surface area (Å²) in [5, 5.41) is 0. The van der Waals surface area contributed by atoms with Gasteiger partial charge >= 0.3 is 5.97 Å². The molecule has 0 amide bonds. The van der Waals surface area contributed by atoms with Crippen molar-refractivity contribution >= 4 is 28.6 Å². The van der Waals surface area contributed by atoms with Crippen molar-refractivity contribution in [2.24, 2.45) is 0 Å². The number of halogens is 1. The fraction of sp³-hybridized carbons (Fsp3) is 0.188. The lowest BCUT2D eigenvalue weighted by atomic mass is 10.1. The minimum atomic E-state index is -0.529. The molecule has 22 heavy (non-hydrogen) atoms. The summed E-state index contributed by atoms with van der Waals surface area (Å²) in [6.07, 6.45) is 0. The molecule has 0 N–H and O–H groups in total. The van der Waals surface area contributed by atoms with Crippen molar-refractivity contribution in [1.82, 2.24) is 0 Å². The van der Waals surface area contributed by atoms with E-state index in [1.807, 2.05) is 12.1 Å². The van der Waals surface area contributed by atoms with E-state index in [9.17, 15) is 4.79 Å². The van der Waals surface area contributed by atoms with Crippen LogP contribution in [0.3, 0.4) is 0 Å². The summed E-state index contributed by atoms with van der Waals surface area (Å²) >= 11 is 2.18. The van der Waals surface area contributed by atoms with Gasteiger partial charge in [0.1, 0.15) is 17.1 Å². The van der Waals surface area contributed by atoms with E-state index in [0.717, 1.165) is 3.57 Å². The molecule has 0 atom stereocenters. The molecule has 0 aliphatic heterocycles. The minimum Gasteiger partial charge on any atom is -0.496 e. The highest BCUT2D eigenvalue weighted by atomic mass is 127. The van der Waals surface area contributed by atoms with Gasteiger partial charge in [-0.3, -0.25) is 0 Å². The lowest BCUT2D eigenvalue weighted by molar-refractivity contribution is 0.0730. The van der Waals surface area contributed by atoms with Gasteiger partial charge in [0.25, 0.3) is 0 Å². The maximum Gasteiger partial charge on any atom is 0.347 e. The van der Waals surface area contributed by atoms with Crippen LogP contribution < -0.4 is 18.9 Å². The average molecular weight is 414 g/mol. The number of carbonyl (C=O) groups excluding carboxylic acids is 1. The molecule has 0 radical (unpaired) electrons. The summed E-state index contributed by atoms with van der Waals surface area (Å²) in [6, 6.07) is 10.3. The standard InChI is InChI=1S/C16H15IO5/c1-19-13-9-15(21-3)14(20-2)8-12(13)16(18)22-11-6-4-10(17)5-7-11/h4-9H,1-3H3. The van der Waals surface area contributed by atoms with Gasteiger partial charge in [-0.2, -0.15) is 0 Å². The molecule has 0 spiro atoms. The second-order valence-electron chi connectivity index (χ2n) is 4.25. The highest BCUT2D eigenvalue weighted by Crippen LogP contribution is 2.35. The molecule has 0 bridgehead atoms. The van der Waals surface area contributed by atoms with Gasteiger partial charge in [0, 0.05) is 15.7 Å². The van der Waals surface area contributed by atoms with Crippen molar-refractivity contribution in [3.63, 3.8) is 0 Å². The van der Waals surface area contributed by atoms with Crippen molar-refractivity contribution in [2.75, 3.05) is 21.3 Å².